The van der Waals surface area contributed by atoms with E-state index in [1.54, 1.807) is 0 Å². The van der Waals surface area contributed by atoms with Crippen molar-refractivity contribution in [2.45, 2.75) is 32.7 Å². The van der Waals surface area contributed by atoms with Gasteiger partial charge in [-0.2, -0.15) is 0 Å². The van der Waals surface area contributed by atoms with E-state index in [1.165, 1.54) is 0 Å². The molecule has 0 unspecified atom stereocenters. The molecular weight excluding hydrogens is 162 g/mol. The Hall–Kier alpha value is -1.05. The first-order chi connectivity index (χ1) is 6.25. The van der Waals surface area contributed by atoms with Crippen LogP contribution in [0.15, 0.2) is 18.3 Å². The third kappa shape index (κ3) is 1.12. The predicted octanol–water partition coefficient (Wildman–Crippen LogP) is 2.66. The summed E-state index contributed by atoms with van der Waals surface area (Å²) in [6, 6.07) is 4.23. The molecule has 0 bridgehead atoms. The van der Waals surface area contributed by atoms with Crippen LogP contribution in [0, 0.1) is 5.92 Å². The van der Waals surface area contributed by atoms with Crippen molar-refractivity contribution >= 4 is 5.78 Å². The molecule has 0 amide bonds. The van der Waals surface area contributed by atoms with Crippen LogP contribution in [-0.2, 0) is 0 Å². The zero-order valence-electron chi connectivity index (χ0n) is 8.16. The maximum absolute atomic E-state index is 11.8. The van der Waals surface area contributed by atoms with Gasteiger partial charge >= 0.3 is 0 Å². The van der Waals surface area contributed by atoms with Crippen LogP contribution in [0.1, 0.15) is 43.2 Å². The van der Waals surface area contributed by atoms with Crippen molar-refractivity contribution in [3.8, 4) is 0 Å². The molecule has 1 aliphatic heterocycles. The van der Waals surface area contributed by atoms with Gasteiger partial charge in [0.15, 0.2) is 5.78 Å². The summed E-state index contributed by atoms with van der Waals surface area (Å²) < 4.78 is 2.10. The maximum atomic E-state index is 11.8. The van der Waals surface area contributed by atoms with Gasteiger partial charge in [0.05, 0.1) is 5.69 Å². The van der Waals surface area contributed by atoms with Crippen LogP contribution in [0.25, 0.3) is 0 Å². The molecule has 0 aromatic carbocycles. The Labute approximate surface area is 78.6 Å². The molecule has 1 aromatic rings. The van der Waals surface area contributed by atoms with Crippen LogP contribution in [-0.4, -0.2) is 10.4 Å². The highest BCUT2D eigenvalue weighted by Crippen LogP contribution is 2.34. The average molecular weight is 177 g/mol. The van der Waals surface area contributed by atoms with E-state index >= 15 is 0 Å². The Morgan fingerprint density at radius 3 is 2.92 bits per heavy atom. The van der Waals surface area contributed by atoms with E-state index in [4.69, 9.17) is 0 Å². The molecule has 13 heavy (non-hydrogen) atoms. The second-order valence-corrected chi connectivity index (χ2v) is 3.80. The van der Waals surface area contributed by atoms with Crippen molar-refractivity contribution in [3.05, 3.63) is 24.0 Å². The first kappa shape index (κ1) is 8.54. The number of hydrogen-bond donors (Lipinski definition) is 0. The zero-order chi connectivity index (χ0) is 9.42. The Morgan fingerprint density at radius 2 is 2.31 bits per heavy atom. The molecule has 0 fully saturated rings. The van der Waals surface area contributed by atoms with E-state index in [0.717, 1.165) is 18.5 Å². The number of nitrogens with zero attached hydrogens (tertiary/aromatic N) is 1. The van der Waals surface area contributed by atoms with Gasteiger partial charge in [0.25, 0.3) is 0 Å². The lowest BCUT2D eigenvalue weighted by atomic mass is 9.94. The molecule has 0 saturated heterocycles. The Balaban J connectivity index is 2.32. The fourth-order valence-corrected chi connectivity index (χ4v) is 2.24. The molecule has 1 aromatic heterocycles. The van der Waals surface area contributed by atoms with E-state index in [-0.39, 0.29) is 5.92 Å². The Morgan fingerprint density at radius 1 is 1.54 bits per heavy atom. The normalized spacial score (nSPS) is 26.5. The van der Waals surface area contributed by atoms with Gasteiger partial charge in [-0.25, -0.2) is 0 Å². The Bertz CT molecular complexity index is 327. The van der Waals surface area contributed by atoms with E-state index in [9.17, 15) is 4.79 Å². The molecule has 1 aliphatic rings. The van der Waals surface area contributed by atoms with Crippen molar-refractivity contribution in [1.29, 1.82) is 0 Å². The van der Waals surface area contributed by atoms with Gasteiger partial charge in [-0.15, -0.1) is 0 Å². The van der Waals surface area contributed by atoms with Gasteiger partial charge in [0.2, 0.25) is 0 Å². The molecule has 0 radical (unpaired) electrons. The van der Waals surface area contributed by atoms with Crippen molar-refractivity contribution in [2.24, 2.45) is 5.92 Å². The van der Waals surface area contributed by atoms with Crippen LogP contribution >= 0.6 is 0 Å². The molecule has 2 rings (SSSR count). The fourth-order valence-electron chi connectivity index (χ4n) is 2.24. The van der Waals surface area contributed by atoms with Crippen molar-refractivity contribution in [1.82, 2.24) is 4.57 Å². The standard InChI is InChI=1S/C11H15NO/c1-3-5-9-8(2)12-7-4-6-10(12)11(9)13/h4,6-9H,3,5H2,1-2H3/t8-,9+/m1/s1. The van der Waals surface area contributed by atoms with Crippen molar-refractivity contribution in [2.75, 3.05) is 0 Å². The number of hydrogen-bond acceptors (Lipinski definition) is 1. The van der Waals surface area contributed by atoms with Crippen LogP contribution in [0.4, 0.5) is 0 Å². The molecule has 2 nitrogen and oxygen atoms in total. The topological polar surface area (TPSA) is 22.0 Å². The molecule has 0 saturated carbocycles. The van der Waals surface area contributed by atoms with Gasteiger partial charge < -0.3 is 4.57 Å². The summed E-state index contributed by atoms with van der Waals surface area (Å²) in [5.74, 6) is 0.556. The van der Waals surface area contributed by atoms with Gasteiger partial charge in [-0.3, -0.25) is 4.79 Å². The summed E-state index contributed by atoms with van der Waals surface area (Å²) in [5.41, 5.74) is 0.894. The quantitative estimate of drug-likeness (QED) is 0.680. The van der Waals surface area contributed by atoms with Gasteiger partial charge in [0, 0.05) is 18.2 Å². The zero-order valence-corrected chi connectivity index (χ0v) is 8.16. The van der Waals surface area contributed by atoms with E-state index in [0.29, 0.717) is 11.8 Å². The lowest BCUT2D eigenvalue weighted by Crippen LogP contribution is -2.12. The van der Waals surface area contributed by atoms with Crippen LogP contribution in [0.2, 0.25) is 0 Å². The first-order valence-electron chi connectivity index (χ1n) is 4.96. The number of carbonyl (C=O) groups is 1. The number of fused-ring (bicyclic) bond motifs is 1. The molecular formula is C11H15NO. The number of aromatic nitrogens is 1. The SMILES string of the molecule is CCC[C@@H]1C(=O)c2cccn2[C@@H]1C. The highest BCUT2D eigenvalue weighted by molar-refractivity contribution is 5.98. The molecule has 2 heteroatoms. The summed E-state index contributed by atoms with van der Waals surface area (Å²) >= 11 is 0. The van der Waals surface area contributed by atoms with Gasteiger partial charge in [-0.05, 0) is 25.5 Å². The third-order valence-electron chi connectivity index (χ3n) is 2.99. The largest absolute Gasteiger partial charge is 0.342 e. The predicted molar refractivity (Wildman–Crippen MR) is 51.9 cm³/mol. The summed E-state index contributed by atoms with van der Waals surface area (Å²) in [6.45, 7) is 4.27. The highest BCUT2D eigenvalue weighted by atomic mass is 16.1. The fraction of sp³-hybridized carbons (Fsp3) is 0.545. The molecule has 2 heterocycles. The molecule has 0 N–H and O–H groups in total. The van der Waals surface area contributed by atoms with Gasteiger partial charge in [0.1, 0.15) is 0 Å². The Kier molecular flexibility index (Phi) is 1.98. The van der Waals surface area contributed by atoms with Gasteiger partial charge in [-0.1, -0.05) is 13.3 Å². The lowest BCUT2D eigenvalue weighted by Gasteiger charge is -2.13. The number of ketones is 1. The summed E-state index contributed by atoms with van der Waals surface area (Å²) in [5, 5.41) is 0. The summed E-state index contributed by atoms with van der Waals surface area (Å²) in [6.07, 6.45) is 4.11. The van der Waals surface area contributed by atoms with E-state index in [1.807, 2.05) is 18.3 Å². The minimum absolute atomic E-state index is 0.223. The van der Waals surface area contributed by atoms with Crippen LogP contribution in [0.5, 0.6) is 0 Å². The molecule has 70 valence electrons. The molecule has 2 atom stereocenters. The maximum Gasteiger partial charge on any atom is 0.184 e. The van der Waals surface area contributed by atoms with Crippen LogP contribution < -0.4 is 0 Å². The smallest absolute Gasteiger partial charge is 0.184 e. The molecule has 0 aliphatic carbocycles. The lowest BCUT2D eigenvalue weighted by molar-refractivity contribution is 0.0916. The van der Waals surface area contributed by atoms with Crippen LogP contribution in [0.3, 0.4) is 0 Å². The second-order valence-electron chi connectivity index (χ2n) is 3.80. The number of Topliss-reactive ketones (excluding diaryl/α,β-unsaturated/α-hetero) is 1. The second kappa shape index (κ2) is 3.02. The first-order valence-corrected chi connectivity index (χ1v) is 4.96. The number of rotatable bonds is 2. The number of carbonyl (C=O) groups excluding carboxylic acids is 1. The van der Waals surface area contributed by atoms with Crippen molar-refractivity contribution in [3.63, 3.8) is 0 Å². The minimum Gasteiger partial charge on any atom is -0.342 e. The van der Waals surface area contributed by atoms with Crippen molar-refractivity contribution < 1.29 is 4.79 Å². The highest BCUT2D eigenvalue weighted by Gasteiger charge is 2.35. The summed E-state index contributed by atoms with van der Waals surface area (Å²) in [4.78, 5) is 11.8. The van der Waals surface area contributed by atoms with E-state index < -0.39 is 0 Å². The summed E-state index contributed by atoms with van der Waals surface area (Å²) in [7, 11) is 0. The minimum atomic E-state index is 0.223. The molecule has 0 spiro atoms. The average Bonchev–Trinajstić information content (AvgIpc) is 2.66. The van der Waals surface area contributed by atoms with E-state index in [2.05, 4.69) is 18.4 Å². The third-order valence-corrected chi connectivity index (χ3v) is 2.99. The monoisotopic (exact) mass is 177 g/mol.